The maximum Gasteiger partial charge on any atom is 0.211 e. The quantitative estimate of drug-likeness (QED) is 0.717. The van der Waals surface area contributed by atoms with Crippen LogP contribution < -0.4 is 5.32 Å². The zero-order valence-corrected chi connectivity index (χ0v) is 13.4. The minimum absolute atomic E-state index is 0.0435. The summed E-state index contributed by atoms with van der Waals surface area (Å²) in [5, 5.41) is 3.51. The molecule has 1 unspecified atom stereocenters. The van der Waals surface area contributed by atoms with E-state index < -0.39 is 10.0 Å². The van der Waals surface area contributed by atoms with Crippen molar-refractivity contribution in [1.82, 2.24) is 9.62 Å². The summed E-state index contributed by atoms with van der Waals surface area (Å²) in [6, 6.07) is 0.483. The van der Waals surface area contributed by atoms with E-state index in [9.17, 15) is 8.42 Å². The van der Waals surface area contributed by atoms with Gasteiger partial charge in [0.1, 0.15) is 0 Å². The fourth-order valence-electron chi connectivity index (χ4n) is 2.53. The Bertz CT molecular complexity index is 368. The molecule has 0 radical (unpaired) electrons. The third-order valence-electron chi connectivity index (χ3n) is 3.54. The van der Waals surface area contributed by atoms with E-state index in [-0.39, 0.29) is 5.60 Å². The van der Waals surface area contributed by atoms with E-state index in [1.807, 2.05) is 6.92 Å². The molecular formula is C13H28N2O3S. The number of rotatable bonds is 7. The molecule has 1 fully saturated rings. The van der Waals surface area contributed by atoms with E-state index in [0.717, 1.165) is 32.4 Å². The van der Waals surface area contributed by atoms with Gasteiger partial charge in [0.05, 0.1) is 11.9 Å². The van der Waals surface area contributed by atoms with Crippen molar-refractivity contribution in [3.8, 4) is 0 Å². The Kier molecular flexibility index (Phi) is 6.23. The van der Waals surface area contributed by atoms with Crippen LogP contribution >= 0.6 is 0 Å². The van der Waals surface area contributed by atoms with Crippen LogP contribution in [0.3, 0.4) is 0 Å². The fraction of sp³-hybridized carbons (Fsp3) is 1.00. The largest absolute Gasteiger partial charge is 0.375 e. The highest BCUT2D eigenvalue weighted by molar-refractivity contribution is 7.88. The number of hydrogen-bond donors (Lipinski definition) is 1. The third-order valence-corrected chi connectivity index (χ3v) is 4.91. The third kappa shape index (κ3) is 6.21. The van der Waals surface area contributed by atoms with Gasteiger partial charge in [0.25, 0.3) is 0 Å². The van der Waals surface area contributed by atoms with Crippen LogP contribution in [0, 0.1) is 0 Å². The molecule has 0 aromatic rings. The molecule has 1 rings (SSSR count). The van der Waals surface area contributed by atoms with Crippen LogP contribution in [0.4, 0.5) is 0 Å². The first kappa shape index (κ1) is 16.9. The van der Waals surface area contributed by atoms with E-state index >= 15 is 0 Å². The van der Waals surface area contributed by atoms with Gasteiger partial charge in [-0.15, -0.1) is 0 Å². The molecule has 1 heterocycles. The molecule has 114 valence electrons. The first-order valence-electron chi connectivity index (χ1n) is 7.07. The second-order valence-electron chi connectivity index (χ2n) is 5.86. The summed E-state index contributed by atoms with van der Waals surface area (Å²) in [5.74, 6) is 0. The molecule has 0 aromatic heterocycles. The number of nitrogens with zero attached hydrogens (tertiary/aromatic N) is 1. The highest BCUT2D eigenvalue weighted by atomic mass is 32.2. The summed E-state index contributed by atoms with van der Waals surface area (Å²) in [6.45, 7) is 8.89. The lowest BCUT2D eigenvalue weighted by Gasteiger charge is -2.36. The molecule has 1 aliphatic heterocycles. The predicted octanol–water partition coefficient (Wildman–Crippen LogP) is 1.21. The summed E-state index contributed by atoms with van der Waals surface area (Å²) in [5.41, 5.74) is -0.0435. The Morgan fingerprint density at radius 3 is 2.63 bits per heavy atom. The van der Waals surface area contributed by atoms with E-state index in [0.29, 0.717) is 19.1 Å². The van der Waals surface area contributed by atoms with Crippen molar-refractivity contribution < 1.29 is 13.2 Å². The van der Waals surface area contributed by atoms with Gasteiger partial charge in [-0.05, 0) is 39.7 Å². The van der Waals surface area contributed by atoms with Gasteiger partial charge in [-0.3, -0.25) is 0 Å². The molecule has 0 amide bonds. The predicted molar refractivity (Wildman–Crippen MR) is 77.8 cm³/mol. The van der Waals surface area contributed by atoms with Gasteiger partial charge in [0, 0.05) is 25.7 Å². The van der Waals surface area contributed by atoms with Crippen molar-refractivity contribution in [3.63, 3.8) is 0 Å². The minimum Gasteiger partial charge on any atom is -0.375 e. The fourth-order valence-corrected chi connectivity index (χ4v) is 3.46. The van der Waals surface area contributed by atoms with Crippen LogP contribution in [-0.2, 0) is 14.8 Å². The SMILES string of the molecule is CCN(CCCNC1CCOC(C)(C)C1)S(C)(=O)=O. The average molecular weight is 292 g/mol. The van der Waals surface area contributed by atoms with Crippen molar-refractivity contribution in [2.24, 2.45) is 0 Å². The van der Waals surface area contributed by atoms with E-state index in [1.54, 1.807) is 0 Å². The van der Waals surface area contributed by atoms with E-state index in [4.69, 9.17) is 4.74 Å². The van der Waals surface area contributed by atoms with Gasteiger partial charge in [-0.2, -0.15) is 0 Å². The molecule has 5 nitrogen and oxygen atoms in total. The Labute approximate surface area is 117 Å². The summed E-state index contributed by atoms with van der Waals surface area (Å²) < 4.78 is 30.1. The Morgan fingerprint density at radius 1 is 1.42 bits per heavy atom. The van der Waals surface area contributed by atoms with Crippen molar-refractivity contribution in [2.75, 3.05) is 32.5 Å². The van der Waals surface area contributed by atoms with Crippen molar-refractivity contribution >= 4 is 10.0 Å². The summed E-state index contributed by atoms with van der Waals surface area (Å²) in [4.78, 5) is 0. The Hall–Kier alpha value is -0.170. The molecular weight excluding hydrogens is 264 g/mol. The molecule has 0 bridgehead atoms. The lowest BCUT2D eigenvalue weighted by molar-refractivity contribution is -0.0627. The molecule has 1 atom stereocenters. The molecule has 0 spiro atoms. The van der Waals surface area contributed by atoms with Crippen molar-refractivity contribution in [3.05, 3.63) is 0 Å². The number of ether oxygens (including phenoxy) is 1. The average Bonchev–Trinajstić information content (AvgIpc) is 2.26. The molecule has 0 aliphatic carbocycles. The lowest BCUT2D eigenvalue weighted by atomic mass is 9.94. The highest BCUT2D eigenvalue weighted by Crippen LogP contribution is 2.23. The zero-order valence-electron chi connectivity index (χ0n) is 12.6. The topological polar surface area (TPSA) is 58.6 Å². The van der Waals surface area contributed by atoms with Crippen LogP contribution in [0.5, 0.6) is 0 Å². The second kappa shape index (κ2) is 7.02. The van der Waals surface area contributed by atoms with Crippen LogP contribution in [0.2, 0.25) is 0 Å². The minimum atomic E-state index is -3.05. The molecule has 1 N–H and O–H groups in total. The number of nitrogens with one attached hydrogen (secondary N) is 1. The summed E-state index contributed by atoms with van der Waals surface area (Å²) in [6.07, 6.45) is 4.16. The van der Waals surface area contributed by atoms with Crippen LogP contribution in [0.15, 0.2) is 0 Å². The van der Waals surface area contributed by atoms with Gasteiger partial charge in [-0.25, -0.2) is 12.7 Å². The first-order valence-corrected chi connectivity index (χ1v) is 8.92. The Morgan fingerprint density at radius 2 is 2.11 bits per heavy atom. The molecule has 0 aromatic carbocycles. The van der Waals surface area contributed by atoms with Gasteiger partial charge in [0.2, 0.25) is 10.0 Å². The summed E-state index contributed by atoms with van der Waals surface area (Å²) >= 11 is 0. The maximum atomic E-state index is 11.4. The lowest BCUT2D eigenvalue weighted by Crippen LogP contribution is -2.44. The highest BCUT2D eigenvalue weighted by Gasteiger charge is 2.28. The second-order valence-corrected chi connectivity index (χ2v) is 7.84. The normalized spacial score (nSPS) is 23.7. The van der Waals surface area contributed by atoms with Gasteiger partial charge < -0.3 is 10.1 Å². The van der Waals surface area contributed by atoms with Gasteiger partial charge in [-0.1, -0.05) is 6.92 Å². The maximum absolute atomic E-state index is 11.4. The smallest absolute Gasteiger partial charge is 0.211 e. The zero-order chi connectivity index (χ0) is 14.5. The number of sulfonamides is 1. The molecule has 1 saturated heterocycles. The van der Waals surface area contributed by atoms with E-state index in [1.165, 1.54) is 10.6 Å². The molecule has 6 heteroatoms. The molecule has 0 saturated carbocycles. The summed E-state index contributed by atoms with van der Waals surface area (Å²) in [7, 11) is -3.05. The van der Waals surface area contributed by atoms with Crippen LogP contribution in [-0.4, -0.2) is 56.9 Å². The van der Waals surface area contributed by atoms with Gasteiger partial charge in [0.15, 0.2) is 0 Å². The monoisotopic (exact) mass is 292 g/mol. The molecule has 1 aliphatic rings. The Balaban J connectivity index is 2.24. The first-order chi connectivity index (χ1) is 8.74. The van der Waals surface area contributed by atoms with Crippen molar-refractivity contribution in [2.45, 2.75) is 51.7 Å². The van der Waals surface area contributed by atoms with Crippen LogP contribution in [0.1, 0.15) is 40.0 Å². The van der Waals surface area contributed by atoms with Gasteiger partial charge >= 0.3 is 0 Å². The standard InChI is InChI=1S/C13H28N2O3S/c1-5-15(19(4,16)17)9-6-8-14-12-7-10-18-13(2,3)11-12/h12,14H,5-11H2,1-4H3. The van der Waals surface area contributed by atoms with E-state index in [2.05, 4.69) is 19.2 Å². The number of hydrogen-bond acceptors (Lipinski definition) is 4. The van der Waals surface area contributed by atoms with Crippen molar-refractivity contribution in [1.29, 1.82) is 0 Å². The van der Waals surface area contributed by atoms with Crippen LogP contribution in [0.25, 0.3) is 0 Å². The molecule has 19 heavy (non-hydrogen) atoms.